The maximum atomic E-state index is 12.0. The number of alkyl carbamates (subject to hydrolysis) is 1. The number of rotatable bonds is 4. The van der Waals surface area contributed by atoms with Crippen molar-refractivity contribution in [3.05, 3.63) is 47.4 Å². The molecule has 1 aromatic carbocycles. The first-order chi connectivity index (χ1) is 12.3. The Kier molecular flexibility index (Phi) is 5.44. The Morgan fingerprint density at radius 3 is 2.42 bits per heavy atom. The van der Waals surface area contributed by atoms with Gasteiger partial charge in [-0.1, -0.05) is 36.4 Å². The maximum absolute atomic E-state index is 12.0. The summed E-state index contributed by atoms with van der Waals surface area (Å²) >= 11 is 0. The Balaban J connectivity index is 1.47. The van der Waals surface area contributed by atoms with Crippen molar-refractivity contribution in [1.29, 1.82) is 0 Å². The summed E-state index contributed by atoms with van der Waals surface area (Å²) in [7, 11) is -0.286. The topological polar surface area (TPSA) is 56.8 Å². The van der Waals surface area contributed by atoms with Gasteiger partial charge in [-0.05, 0) is 58.0 Å². The number of carbonyl (C=O) groups excluding carboxylic acids is 1. The summed E-state index contributed by atoms with van der Waals surface area (Å²) in [6.45, 7) is 8.52. The first-order valence-electron chi connectivity index (χ1n) is 9.29. The number of ether oxygens (including phenoxy) is 1. The molecule has 1 fully saturated rings. The van der Waals surface area contributed by atoms with Gasteiger partial charge >= 0.3 is 13.2 Å². The van der Waals surface area contributed by atoms with Crippen LogP contribution in [0.2, 0.25) is 0 Å². The maximum Gasteiger partial charge on any atom is 0.490 e. The standard InChI is InChI=1S/C20H28BNO4/c1-19(2)20(3,4)26-21(25-19)16-10-12-17(13-11-16)22-18(23)24-14-15-8-6-5-7-9-15/h5-10,17H,11-14H2,1-4H3,(H,22,23). The molecule has 140 valence electrons. The van der Waals surface area contributed by atoms with Crippen molar-refractivity contribution in [3.63, 3.8) is 0 Å². The molecule has 1 aliphatic heterocycles. The van der Waals surface area contributed by atoms with Crippen molar-refractivity contribution in [2.75, 3.05) is 0 Å². The zero-order chi connectivity index (χ0) is 18.8. The molecule has 0 saturated carbocycles. The van der Waals surface area contributed by atoms with Crippen molar-refractivity contribution in [2.24, 2.45) is 0 Å². The number of nitrogens with one attached hydrogen (secondary N) is 1. The van der Waals surface area contributed by atoms with Gasteiger partial charge in [0.2, 0.25) is 0 Å². The lowest BCUT2D eigenvalue weighted by molar-refractivity contribution is 0.00578. The molecule has 2 aliphatic rings. The first kappa shape index (κ1) is 19.0. The van der Waals surface area contributed by atoms with Gasteiger partial charge in [0.25, 0.3) is 0 Å². The molecule has 1 aliphatic carbocycles. The van der Waals surface area contributed by atoms with Crippen LogP contribution in [0.15, 0.2) is 41.9 Å². The van der Waals surface area contributed by atoms with E-state index in [4.69, 9.17) is 14.0 Å². The summed E-state index contributed by atoms with van der Waals surface area (Å²) < 4.78 is 17.5. The Morgan fingerprint density at radius 2 is 1.85 bits per heavy atom. The molecule has 1 aromatic rings. The lowest BCUT2D eigenvalue weighted by atomic mass is 9.72. The fourth-order valence-corrected chi connectivity index (χ4v) is 3.13. The quantitative estimate of drug-likeness (QED) is 0.827. The normalized spacial score (nSPS) is 24.1. The second-order valence-corrected chi connectivity index (χ2v) is 8.04. The molecule has 1 unspecified atom stereocenters. The second-order valence-electron chi connectivity index (χ2n) is 8.04. The largest absolute Gasteiger partial charge is 0.490 e. The van der Waals surface area contributed by atoms with Gasteiger partial charge in [-0.3, -0.25) is 0 Å². The molecule has 0 bridgehead atoms. The summed E-state index contributed by atoms with van der Waals surface area (Å²) in [5, 5.41) is 2.95. The van der Waals surface area contributed by atoms with E-state index in [1.807, 2.05) is 30.3 Å². The average molecular weight is 357 g/mol. The van der Waals surface area contributed by atoms with E-state index >= 15 is 0 Å². The molecular formula is C20H28BNO4. The van der Waals surface area contributed by atoms with Crippen molar-refractivity contribution in [3.8, 4) is 0 Å². The third kappa shape index (κ3) is 4.30. The molecule has 1 saturated heterocycles. The predicted molar refractivity (Wildman–Crippen MR) is 102 cm³/mol. The smallest absolute Gasteiger partial charge is 0.445 e. The van der Waals surface area contributed by atoms with Gasteiger partial charge in [0, 0.05) is 6.04 Å². The van der Waals surface area contributed by atoms with E-state index in [0.29, 0.717) is 0 Å². The van der Waals surface area contributed by atoms with E-state index in [-0.39, 0.29) is 37.1 Å². The summed E-state index contributed by atoms with van der Waals surface area (Å²) in [6, 6.07) is 9.76. The lowest BCUT2D eigenvalue weighted by Crippen LogP contribution is -2.41. The summed E-state index contributed by atoms with van der Waals surface area (Å²) in [5.41, 5.74) is 1.50. The van der Waals surface area contributed by atoms with E-state index in [1.54, 1.807) is 0 Å². The Labute approximate surface area is 156 Å². The Morgan fingerprint density at radius 1 is 1.19 bits per heavy atom. The highest BCUT2D eigenvalue weighted by Gasteiger charge is 2.52. The van der Waals surface area contributed by atoms with Gasteiger partial charge in [-0.25, -0.2) is 4.79 Å². The van der Waals surface area contributed by atoms with Crippen LogP contribution in [0, 0.1) is 0 Å². The van der Waals surface area contributed by atoms with E-state index in [0.717, 1.165) is 24.8 Å². The van der Waals surface area contributed by atoms with Crippen LogP contribution in [0.25, 0.3) is 0 Å². The Hall–Kier alpha value is -1.79. The van der Waals surface area contributed by atoms with Crippen LogP contribution in [-0.2, 0) is 20.7 Å². The van der Waals surface area contributed by atoms with Crippen molar-refractivity contribution in [1.82, 2.24) is 5.32 Å². The minimum absolute atomic E-state index is 0.0875. The summed E-state index contributed by atoms with van der Waals surface area (Å²) in [4.78, 5) is 12.0. The molecule has 1 N–H and O–H groups in total. The number of allylic oxidation sites excluding steroid dienone is 1. The zero-order valence-corrected chi connectivity index (χ0v) is 16.1. The molecule has 3 rings (SSSR count). The van der Waals surface area contributed by atoms with Crippen molar-refractivity contribution < 1.29 is 18.8 Å². The monoisotopic (exact) mass is 357 g/mol. The van der Waals surface area contributed by atoms with Crippen LogP contribution in [-0.4, -0.2) is 30.5 Å². The van der Waals surface area contributed by atoms with Crippen LogP contribution in [0.1, 0.15) is 52.5 Å². The lowest BCUT2D eigenvalue weighted by Gasteiger charge is -2.32. The molecule has 0 radical (unpaired) electrons. The number of benzene rings is 1. The third-order valence-corrected chi connectivity index (χ3v) is 5.54. The van der Waals surface area contributed by atoms with Crippen LogP contribution >= 0.6 is 0 Å². The summed E-state index contributed by atoms with van der Waals surface area (Å²) in [5.74, 6) is 0. The molecule has 0 aromatic heterocycles. The van der Waals surface area contributed by atoms with E-state index in [1.165, 1.54) is 5.47 Å². The summed E-state index contributed by atoms with van der Waals surface area (Å²) in [6.07, 6.45) is 4.23. The van der Waals surface area contributed by atoms with Gasteiger partial charge < -0.3 is 19.4 Å². The molecule has 6 heteroatoms. The zero-order valence-electron chi connectivity index (χ0n) is 16.1. The number of hydrogen-bond acceptors (Lipinski definition) is 4. The van der Waals surface area contributed by atoms with Gasteiger partial charge in [0.15, 0.2) is 0 Å². The van der Waals surface area contributed by atoms with Crippen molar-refractivity contribution in [2.45, 2.75) is 70.8 Å². The fourth-order valence-electron chi connectivity index (χ4n) is 3.13. The van der Waals surface area contributed by atoms with E-state index in [2.05, 4.69) is 39.1 Å². The van der Waals surface area contributed by atoms with Crippen molar-refractivity contribution >= 4 is 13.2 Å². The number of carbonyl (C=O) groups is 1. The Bertz CT molecular complexity index is 656. The van der Waals surface area contributed by atoms with Gasteiger partial charge in [-0.2, -0.15) is 0 Å². The second kappa shape index (κ2) is 7.45. The molecule has 1 amide bonds. The van der Waals surface area contributed by atoms with Crippen LogP contribution in [0.3, 0.4) is 0 Å². The third-order valence-electron chi connectivity index (χ3n) is 5.54. The van der Waals surface area contributed by atoms with Gasteiger partial charge in [0.1, 0.15) is 6.61 Å². The molecule has 1 heterocycles. The predicted octanol–water partition coefficient (Wildman–Crippen LogP) is 4.02. The number of hydrogen-bond donors (Lipinski definition) is 1. The fraction of sp³-hybridized carbons (Fsp3) is 0.550. The molecule has 0 spiro atoms. The average Bonchev–Trinajstić information content (AvgIpc) is 2.82. The van der Waals surface area contributed by atoms with Crippen LogP contribution < -0.4 is 5.32 Å². The van der Waals surface area contributed by atoms with E-state index < -0.39 is 0 Å². The van der Waals surface area contributed by atoms with Gasteiger partial charge in [0.05, 0.1) is 11.2 Å². The molecule has 5 nitrogen and oxygen atoms in total. The molecular weight excluding hydrogens is 329 g/mol. The number of amides is 1. The van der Waals surface area contributed by atoms with Crippen LogP contribution in [0.4, 0.5) is 4.79 Å². The molecule has 26 heavy (non-hydrogen) atoms. The highest BCUT2D eigenvalue weighted by Crippen LogP contribution is 2.40. The van der Waals surface area contributed by atoms with Crippen LogP contribution in [0.5, 0.6) is 0 Å². The van der Waals surface area contributed by atoms with E-state index in [9.17, 15) is 4.79 Å². The molecule has 1 atom stereocenters. The first-order valence-corrected chi connectivity index (χ1v) is 9.29. The minimum Gasteiger partial charge on any atom is -0.445 e. The SMILES string of the molecule is CC1(C)OB(C2=CCC(NC(=O)OCc3ccccc3)CC2)OC1(C)C. The minimum atomic E-state index is -0.369. The van der Waals surface area contributed by atoms with Gasteiger partial charge in [-0.15, -0.1) is 0 Å². The highest BCUT2D eigenvalue weighted by molar-refractivity contribution is 6.54. The highest BCUT2D eigenvalue weighted by atomic mass is 16.7.